The predicted molar refractivity (Wildman–Crippen MR) is 189 cm³/mol. The van der Waals surface area contributed by atoms with Gasteiger partial charge in [-0.3, -0.25) is 4.57 Å². The summed E-state index contributed by atoms with van der Waals surface area (Å²) in [7, 11) is 0. The minimum Gasteiger partial charge on any atom is -0.292 e. The fraction of sp³-hybridized carbons (Fsp3) is 0. The lowest BCUT2D eigenvalue weighted by molar-refractivity contribution is 1.10. The summed E-state index contributed by atoms with van der Waals surface area (Å²) < 4.78 is 2.23. The van der Waals surface area contributed by atoms with Crippen molar-refractivity contribution in [2.75, 3.05) is 0 Å². The van der Waals surface area contributed by atoms with Gasteiger partial charge in [0, 0.05) is 47.2 Å². The SMILES string of the molecule is c1ccc(-c2nc3ccccc3n2-c2ccc(-c3ccc4c(-c5ncccn5)c5ccccc5c(-c5ncccn5)c4c3)cc2)cc1. The van der Waals surface area contributed by atoms with Crippen LogP contribution in [0.25, 0.3) is 83.6 Å². The van der Waals surface area contributed by atoms with E-state index < -0.39 is 0 Å². The first-order valence-corrected chi connectivity index (χ1v) is 15.5. The van der Waals surface area contributed by atoms with E-state index in [-0.39, 0.29) is 0 Å². The number of imidazole rings is 1. The molecule has 3 aromatic heterocycles. The number of para-hydroxylation sites is 2. The third kappa shape index (κ3) is 4.54. The van der Waals surface area contributed by atoms with Gasteiger partial charge >= 0.3 is 0 Å². The van der Waals surface area contributed by atoms with E-state index in [0.29, 0.717) is 11.6 Å². The Hall–Kier alpha value is -6.53. The van der Waals surface area contributed by atoms with Crippen molar-refractivity contribution in [3.05, 3.63) is 158 Å². The highest BCUT2D eigenvalue weighted by atomic mass is 15.1. The molecular formula is C41H26N6. The van der Waals surface area contributed by atoms with E-state index in [2.05, 4.69) is 124 Å². The number of fused-ring (bicyclic) bond motifs is 3. The lowest BCUT2D eigenvalue weighted by Gasteiger charge is -2.17. The third-order valence-electron chi connectivity index (χ3n) is 8.65. The van der Waals surface area contributed by atoms with Gasteiger partial charge in [0.25, 0.3) is 0 Å². The summed E-state index contributed by atoms with van der Waals surface area (Å²) in [6.07, 6.45) is 7.17. The van der Waals surface area contributed by atoms with Gasteiger partial charge in [0.2, 0.25) is 0 Å². The van der Waals surface area contributed by atoms with Crippen molar-refractivity contribution in [3.8, 4) is 51.0 Å². The van der Waals surface area contributed by atoms with E-state index in [1.54, 1.807) is 24.8 Å². The quantitative estimate of drug-likeness (QED) is 0.184. The maximum Gasteiger partial charge on any atom is 0.160 e. The third-order valence-corrected chi connectivity index (χ3v) is 8.65. The zero-order chi connectivity index (χ0) is 31.2. The second-order valence-corrected chi connectivity index (χ2v) is 11.4. The van der Waals surface area contributed by atoms with Crippen molar-refractivity contribution in [1.82, 2.24) is 29.5 Å². The Kier molecular flexibility index (Phi) is 6.35. The minimum absolute atomic E-state index is 0.683. The zero-order valence-electron chi connectivity index (χ0n) is 25.2. The molecule has 3 heterocycles. The first kappa shape index (κ1) is 26.8. The number of nitrogens with zero attached hydrogens (tertiary/aromatic N) is 6. The van der Waals surface area contributed by atoms with Crippen LogP contribution in [0.2, 0.25) is 0 Å². The van der Waals surface area contributed by atoms with Gasteiger partial charge in [0.1, 0.15) is 5.82 Å². The largest absolute Gasteiger partial charge is 0.292 e. The Morgan fingerprint density at radius 1 is 0.404 bits per heavy atom. The normalized spacial score (nSPS) is 11.4. The van der Waals surface area contributed by atoms with Gasteiger partial charge in [-0.05, 0) is 75.1 Å². The monoisotopic (exact) mass is 602 g/mol. The van der Waals surface area contributed by atoms with E-state index in [0.717, 1.165) is 71.9 Å². The molecule has 9 aromatic rings. The smallest absolute Gasteiger partial charge is 0.160 e. The van der Waals surface area contributed by atoms with Gasteiger partial charge in [0.15, 0.2) is 11.6 Å². The molecule has 0 aliphatic rings. The maximum atomic E-state index is 5.01. The summed E-state index contributed by atoms with van der Waals surface area (Å²) in [5.41, 5.74) is 8.34. The number of aromatic nitrogens is 6. The van der Waals surface area contributed by atoms with Crippen LogP contribution < -0.4 is 0 Å². The Labute approximate surface area is 270 Å². The molecule has 0 atom stereocenters. The van der Waals surface area contributed by atoms with Crippen molar-refractivity contribution in [3.63, 3.8) is 0 Å². The van der Waals surface area contributed by atoms with Crippen LogP contribution in [0.4, 0.5) is 0 Å². The van der Waals surface area contributed by atoms with Crippen LogP contribution in [0.3, 0.4) is 0 Å². The van der Waals surface area contributed by atoms with Gasteiger partial charge < -0.3 is 0 Å². The van der Waals surface area contributed by atoms with Crippen LogP contribution in [-0.4, -0.2) is 29.5 Å². The summed E-state index contributed by atoms with van der Waals surface area (Å²) in [4.78, 5) is 23.7. The summed E-state index contributed by atoms with van der Waals surface area (Å²) in [5, 5.41) is 4.22. The van der Waals surface area contributed by atoms with Crippen LogP contribution in [0, 0.1) is 0 Å². The first-order valence-electron chi connectivity index (χ1n) is 15.5. The van der Waals surface area contributed by atoms with Crippen LogP contribution >= 0.6 is 0 Å². The van der Waals surface area contributed by atoms with Crippen molar-refractivity contribution in [2.45, 2.75) is 0 Å². The van der Waals surface area contributed by atoms with Crippen molar-refractivity contribution < 1.29 is 0 Å². The molecule has 0 radical (unpaired) electrons. The van der Waals surface area contributed by atoms with Crippen LogP contribution in [0.5, 0.6) is 0 Å². The van der Waals surface area contributed by atoms with E-state index >= 15 is 0 Å². The molecule has 47 heavy (non-hydrogen) atoms. The first-order chi connectivity index (χ1) is 23.3. The highest BCUT2D eigenvalue weighted by Gasteiger charge is 2.20. The van der Waals surface area contributed by atoms with Crippen LogP contribution in [-0.2, 0) is 0 Å². The molecule has 0 amide bonds. The number of hydrogen-bond donors (Lipinski definition) is 0. The zero-order valence-corrected chi connectivity index (χ0v) is 25.2. The molecule has 6 nitrogen and oxygen atoms in total. The number of benzene rings is 6. The van der Waals surface area contributed by atoms with Crippen LogP contribution in [0.1, 0.15) is 0 Å². The molecule has 0 N–H and O–H groups in total. The maximum absolute atomic E-state index is 5.01. The molecular weight excluding hydrogens is 576 g/mol. The average molecular weight is 603 g/mol. The molecule has 6 heteroatoms. The Morgan fingerprint density at radius 3 is 1.64 bits per heavy atom. The molecule has 0 aliphatic carbocycles. The van der Waals surface area contributed by atoms with E-state index in [1.807, 2.05) is 24.3 Å². The molecule has 9 rings (SSSR count). The molecule has 0 saturated carbocycles. The molecule has 6 aromatic carbocycles. The fourth-order valence-corrected chi connectivity index (χ4v) is 6.57. The summed E-state index contributed by atoms with van der Waals surface area (Å²) in [6.45, 7) is 0. The summed E-state index contributed by atoms with van der Waals surface area (Å²) in [5.74, 6) is 2.29. The minimum atomic E-state index is 0.683. The Morgan fingerprint density at radius 2 is 0.957 bits per heavy atom. The standard InChI is InChI=1S/C41H26N6/c1-2-10-28(11-3-1)41-46-35-14-6-7-15-36(35)47(41)30-19-16-27(17-20-30)29-18-21-33-34(26-29)38(40-44-24-9-25-45-40)32-13-5-4-12-31(32)37(33)39-42-22-8-23-43-39/h1-26H. The van der Waals surface area contributed by atoms with E-state index in [4.69, 9.17) is 15.0 Å². The predicted octanol–water partition coefficient (Wildman–Crippen LogP) is 9.58. The molecule has 0 bridgehead atoms. The highest BCUT2D eigenvalue weighted by Crippen LogP contribution is 2.43. The number of rotatable bonds is 5. The van der Waals surface area contributed by atoms with Crippen molar-refractivity contribution >= 4 is 32.6 Å². The van der Waals surface area contributed by atoms with Gasteiger partial charge in [0.05, 0.1) is 11.0 Å². The molecule has 0 saturated heterocycles. The second-order valence-electron chi connectivity index (χ2n) is 11.4. The molecule has 0 fully saturated rings. The lowest BCUT2D eigenvalue weighted by Crippen LogP contribution is -1.98. The lowest BCUT2D eigenvalue weighted by atomic mass is 9.89. The van der Waals surface area contributed by atoms with E-state index in [9.17, 15) is 0 Å². The van der Waals surface area contributed by atoms with Gasteiger partial charge in [-0.2, -0.15) is 0 Å². The molecule has 0 spiro atoms. The topological polar surface area (TPSA) is 69.4 Å². The van der Waals surface area contributed by atoms with Gasteiger partial charge in [-0.25, -0.2) is 24.9 Å². The summed E-state index contributed by atoms with van der Waals surface area (Å²) >= 11 is 0. The van der Waals surface area contributed by atoms with Gasteiger partial charge in [-0.15, -0.1) is 0 Å². The average Bonchev–Trinajstić information content (AvgIpc) is 3.54. The fourth-order valence-electron chi connectivity index (χ4n) is 6.57. The Balaban J connectivity index is 1.24. The Bertz CT molecular complexity index is 2540. The van der Waals surface area contributed by atoms with Crippen molar-refractivity contribution in [1.29, 1.82) is 0 Å². The highest BCUT2D eigenvalue weighted by molar-refractivity contribution is 6.20. The molecule has 220 valence electrons. The van der Waals surface area contributed by atoms with Crippen LogP contribution in [0.15, 0.2) is 158 Å². The van der Waals surface area contributed by atoms with E-state index in [1.165, 1.54) is 0 Å². The number of hydrogen-bond acceptors (Lipinski definition) is 5. The van der Waals surface area contributed by atoms with Crippen molar-refractivity contribution in [2.24, 2.45) is 0 Å². The second kappa shape index (κ2) is 11.1. The van der Waals surface area contributed by atoms with Gasteiger partial charge in [-0.1, -0.05) is 91.0 Å². The molecule has 0 aliphatic heterocycles. The molecule has 0 unspecified atom stereocenters. The summed E-state index contributed by atoms with van der Waals surface area (Å²) in [6, 6.07) is 46.0.